The minimum absolute atomic E-state index is 0.356. The quantitative estimate of drug-likeness (QED) is 0.905. The minimum atomic E-state index is 0.356. The molecule has 19 heavy (non-hydrogen) atoms. The number of thioether (sulfide) groups is 1. The number of anilines is 2. The fraction of sp³-hybridized carbons (Fsp3) is 0.538. The topological polar surface area (TPSA) is 63.8 Å². The molecule has 0 aliphatic heterocycles. The molecule has 2 aromatic heterocycles. The molecule has 0 aromatic carbocycles. The fourth-order valence-electron chi connectivity index (χ4n) is 2.63. The zero-order chi connectivity index (χ0) is 13.2. The Kier molecular flexibility index (Phi) is 3.79. The van der Waals surface area contributed by atoms with E-state index in [1.165, 1.54) is 25.0 Å². The van der Waals surface area contributed by atoms with Crippen LogP contribution < -0.4 is 11.1 Å². The Bertz CT molecular complexity index is 569. The minimum Gasteiger partial charge on any atom is -0.368 e. The molecule has 0 bridgehead atoms. The predicted molar refractivity (Wildman–Crippen MR) is 85.0 cm³/mol. The first-order valence-electron chi connectivity index (χ1n) is 6.65. The lowest BCUT2D eigenvalue weighted by atomic mass is 10.2. The van der Waals surface area contributed by atoms with Crippen molar-refractivity contribution in [2.24, 2.45) is 0 Å². The molecule has 0 radical (unpaired) electrons. The molecule has 2 aromatic rings. The maximum atomic E-state index is 5.77. The lowest BCUT2D eigenvalue weighted by molar-refractivity contribution is 0.753. The van der Waals surface area contributed by atoms with Crippen molar-refractivity contribution in [3.8, 4) is 0 Å². The maximum Gasteiger partial charge on any atom is 0.223 e. The third-order valence-electron chi connectivity index (χ3n) is 3.47. The highest BCUT2D eigenvalue weighted by Gasteiger charge is 2.25. The molecular formula is C13H18N4S2. The van der Waals surface area contributed by atoms with Crippen molar-refractivity contribution in [2.45, 2.75) is 37.5 Å². The molecular weight excluding hydrogens is 276 g/mol. The summed E-state index contributed by atoms with van der Waals surface area (Å²) in [6, 6.07) is 2.58. The molecule has 2 heterocycles. The molecule has 1 aliphatic rings. The normalized spacial score (nSPS) is 23.0. The summed E-state index contributed by atoms with van der Waals surface area (Å²) in [6.07, 6.45) is 3.73. The van der Waals surface area contributed by atoms with E-state index in [4.69, 9.17) is 5.73 Å². The van der Waals surface area contributed by atoms with Gasteiger partial charge in [0, 0.05) is 11.3 Å². The van der Waals surface area contributed by atoms with Crippen molar-refractivity contribution >= 4 is 45.1 Å². The van der Waals surface area contributed by atoms with E-state index in [0.717, 1.165) is 21.3 Å². The van der Waals surface area contributed by atoms with Crippen LogP contribution in [0, 0.1) is 0 Å². The van der Waals surface area contributed by atoms with Crippen molar-refractivity contribution in [2.75, 3.05) is 16.8 Å². The van der Waals surface area contributed by atoms with E-state index in [-0.39, 0.29) is 0 Å². The number of fused-ring (bicyclic) bond motifs is 1. The first-order chi connectivity index (χ1) is 9.26. The van der Waals surface area contributed by atoms with E-state index in [2.05, 4.69) is 40.0 Å². The highest BCUT2D eigenvalue weighted by molar-refractivity contribution is 7.99. The molecule has 4 nitrogen and oxygen atoms in total. The van der Waals surface area contributed by atoms with Crippen LogP contribution in [0.4, 0.5) is 11.8 Å². The largest absolute Gasteiger partial charge is 0.368 e. The number of nitrogens with two attached hydrogens (primary N) is 1. The second-order valence-corrected chi connectivity index (χ2v) is 7.27. The smallest absolute Gasteiger partial charge is 0.223 e. The number of aromatic nitrogens is 2. The van der Waals surface area contributed by atoms with Crippen LogP contribution in [0.25, 0.3) is 10.2 Å². The number of nitrogen functional groups attached to an aromatic ring is 1. The van der Waals surface area contributed by atoms with Gasteiger partial charge >= 0.3 is 0 Å². The Balaban J connectivity index is 1.77. The van der Waals surface area contributed by atoms with E-state index in [1.54, 1.807) is 11.3 Å². The molecule has 0 amide bonds. The summed E-state index contributed by atoms with van der Waals surface area (Å²) in [5.41, 5.74) is 5.77. The van der Waals surface area contributed by atoms with E-state index < -0.39 is 0 Å². The number of hydrogen-bond donors (Lipinski definition) is 2. The molecule has 0 spiro atoms. The monoisotopic (exact) mass is 294 g/mol. The highest BCUT2D eigenvalue weighted by Crippen LogP contribution is 2.33. The summed E-state index contributed by atoms with van der Waals surface area (Å²) >= 11 is 3.67. The van der Waals surface area contributed by atoms with Crippen LogP contribution >= 0.6 is 23.1 Å². The van der Waals surface area contributed by atoms with E-state index in [0.29, 0.717) is 12.0 Å². The van der Waals surface area contributed by atoms with Gasteiger partial charge in [0.2, 0.25) is 5.95 Å². The highest BCUT2D eigenvalue weighted by atomic mass is 32.2. The number of rotatable bonds is 4. The summed E-state index contributed by atoms with van der Waals surface area (Å²) in [5.74, 6) is 2.46. The van der Waals surface area contributed by atoms with E-state index in [9.17, 15) is 0 Å². The van der Waals surface area contributed by atoms with Gasteiger partial charge in [-0.3, -0.25) is 0 Å². The molecule has 1 aliphatic carbocycles. The second-order valence-electron chi connectivity index (χ2n) is 4.80. The Morgan fingerprint density at radius 3 is 3.21 bits per heavy atom. The molecule has 6 heteroatoms. The van der Waals surface area contributed by atoms with Gasteiger partial charge in [-0.1, -0.05) is 6.92 Å². The third kappa shape index (κ3) is 2.79. The molecule has 2 unspecified atom stereocenters. The molecule has 1 saturated carbocycles. The van der Waals surface area contributed by atoms with Crippen LogP contribution in [0.2, 0.25) is 0 Å². The van der Waals surface area contributed by atoms with Gasteiger partial charge in [-0.25, -0.2) is 4.98 Å². The second kappa shape index (κ2) is 5.54. The van der Waals surface area contributed by atoms with Crippen molar-refractivity contribution in [3.63, 3.8) is 0 Å². The van der Waals surface area contributed by atoms with Crippen molar-refractivity contribution < 1.29 is 0 Å². The van der Waals surface area contributed by atoms with Gasteiger partial charge in [0.05, 0.1) is 5.39 Å². The third-order valence-corrected chi connectivity index (χ3v) is 5.51. The van der Waals surface area contributed by atoms with Crippen LogP contribution in [0.3, 0.4) is 0 Å². The number of nitrogens with one attached hydrogen (secondary N) is 1. The van der Waals surface area contributed by atoms with Crippen LogP contribution in [-0.4, -0.2) is 27.0 Å². The Hall–Kier alpha value is -1.01. The molecule has 0 saturated heterocycles. The maximum absolute atomic E-state index is 5.77. The molecule has 3 N–H and O–H groups in total. The van der Waals surface area contributed by atoms with Gasteiger partial charge < -0.3 is 11.1 Å². The Morgan fingerprint density at radius 1 is 1.47 bits per heavy atom. The summed E-state index contributed by atoms with van der Waals surface area (Å²) in [4.78, 5) is 9.59. The van der Waals surface area contributed by atoms with Gasteiger partial charge in [-0.15, -0.1) is 11.3 Å². The zero-order valence-electron chi connectivity index (χ0n) is 10.9. The molecule has 3 rings (SSSR count). The standard InChI is InChI=1S/C13H18N4S2/c1-2-18-9-4-3-8(7-9)15-11-10-5-6-19-12(10)17-13(14)16-11/h5-6,8-9H,2-4,7H2,1H3,(H3,14,15,16,17). The number of hydrogen-bond acceptors (Lipinski definition) is 6. The van der Waals surface area contributed by atoms with Crippen LogP contribution in [0.1, 0.15) is 26.2 Å². The molecule has 102 valence electrons. The summed E-state index contributed by atoms with van der Waals surface area (Å²) in [5, 5.41) is 7.48. The van der Waals surface area contributed by atoms with Gasteiger partial charge in [0.25, 0.3) is 0 Å². The molecule has 1 fully saturated rings. The summed E-state index contributed by atoms with van der Waals surface area (Å²) in [6.45, 7) is 2.23. The predicted octanol–water partition coefficient (Wildman–Crippen LogP) is 3.36. The summed E-state index contributed by atoms with van der Waals surface area (Å²) in [7, 11) is 0. The van der Waals surface area contributed by atoms with Crippen LogP contribution in [-0.2, 0) is 0 Å². The average Bonchev–Trinajstić information content (AvgIpc) is 2.98. The van der Waals surface area contributed by atoms with Crippen molar-refractivity contribution in [3.05, 3.63) is 11.4 Å². The Morgan fingerprint density at radius 2 is 2.37 bits per heavy atom. The van der Waals surface area contributed by atoms with Crippen LogP contribution in [0.5, 0.6) is 0 Å². The Labute approximate surface area is 121 Å². The number of nitrogens with zero attached hydrogens (tertiary/aromatic N) is 2. The lowest BCUT2D eigenvalue weighted by Crippen LogP contribution is -2.17. The van der Waals surface area contributed by atoms with Crippen molar-refractivity contribution in [1.82, 2.24) is 9.97 Å². The number of thiophene rings is 1. The van der Waals surface area contributed by atoms with Gasteiger partial charge in [-0.2, -0.15) is 16.7 Å². The lowest BCUT2D eigenvalue weighted by Gasteiger charge is -2.14. The SMILES string of the molecule is CCSC1CCC(Nc2nc(N)nc3sccc23)C1. The van der Waals surface area contributed by atoms with E-state index in [1.807, 2.05) is 5.38 Å². The van der Waals surface area contributed by atoms with Crippen LogP contribution in [0.15, 0.2) is 11.4 Å². The average molecular weight is 294 g/mol. The first-order valence-corrected chi connectivity index (χ1v) is 8.58. The van der Waals surface area contributed by atoms with Gasteiger partial charge in [0.1, 0.15) is 10.6 Å². The van der Waals surface area contributed by atoms with Gasteiger partial charge in [-0.05, 0) is 36.5 Å². The molecule has 2 atom stereocenters. The van der Waals surface area contributed by atoms with Crippen molar-refractivity contribution in [1.29, 1.82) is 0 Å². The summed E-state index contributed by atoms with van der Waals surface area (Å²) < 4.78 is 0. The first kappa shape index (κ1) is 13.0. The van der Waals surface area contributed by atoms with Gasteiger partial charge in [0.15, 0.2) is 0 Å². The van der Waals surface area contributed by atoms with E-state index >= 15 is 0 Å². The zero-order valence-corrected chi connectivity index (χ0v) is 12.6. The fourth-order valence-corrected chi connectivity index (χ4v) is 4.55.